The molecule has 7 heteroatoms. The third-order valence-corrected chi connectivity index (χ3v) is 1.40. The van der Waals surface area contributed by atoms with Crippen molar-refractivity contribution < 1.29 is 29.3 Å². The topological polar surface area (TPSA) is 105 Å². The van der Waals surface area contributed by atoms with Gasteiger partial charge in [0.05, 0.1) is 13.2 Å². The van der Waals surface area contributed by atoms with E-state index in [9.17, 15) is 9.59 Å². The van der Waals surface area contributed by atoms with Gasteiger partial charge in [-0.15, -0.1) is 0 Å². The maximum absolute atomic E-state index is 10.9. The number of ether oxygens (including phenoxy) is 2. The Morgan fingerprint density at radius 1 is 1.44 bits per heavy atom. The summed E-state index contributed by atoms with van der Waals surface area (Å²) in [5.41, 5.74) is 0. The number of carbonyl (C=O) groups is 2. The first-order chi connectivity index (χ1) is 7.60. The molecule has 0 aromatic heterocycles. The second-order valence-electron chi connectivity index (χ2n) is 2.73. The van der Waals surface area contributed by atoms with Gasteiger partial charge in [0.2, 0.25) is 0 Å². The molecule has 16 heavy (non-hydrogen) atoms. The molecule has 92 valence electrons. The molecule has 0 aromatic rings. The average Bonchev–Trinajstić information content (AvgIpc) is 2.31. The predicted molar refractivity (Wildman–Crippen MR) is 53.6 cm³/mol. The van der Waals surface area contributed by atoms with Crippen molar-refractivity contribution >= 4 is 12.1 Å². The number of hydrogen-bond donors (Lipinski definition) is 3. The molecule has 1 atom stereocenters. The summed E-state index contributed by atoms with van der Waals surface area (Å²) in [6.07, 6.45) is -0.845. The minimum absolute atomic E-state index is 0.00249. The molecule has 3 N–H and O–H groups in total. The van der Waals surface area contributed by atoms with E-state index >= 15 is 0 Å². The number of hydrogen-bond acceptors (Lipinski definition) is 6. The minimum atomic E-state index is -1.09. The molecule has 7 nitrogen and oxygen atoms in total. The largest absolute Gasteiger partial charge is 0.461 e. The van der Waals surface area contributed by atoms with Crippen LogP contribution in [-0.4, -0.2) is 54.7 Å². The van der Waals surface area contributed by atoms with Crippen LogP contribution in [0.15, 0.2) is 12.7 Å². The van der Waals surface area contributed by atoms with Gasteiger partial charge in [-0.2, -0.15) is 0 Å². The summed E-state index contributed by atoms with van der Waals surface area (Å²) < 4.78 is 9.08. The van der Waals surface area contributed by atoms with Gasteiger partial charge in [-0.05, 0) is 0 Å². The number of carbonyl (C=O) groups excluding carboxylic acids is 2. The molecule has 0 bridgehead atoms. The van der Waals surface area contributed by atoms with E-state index in [-0.39, 0.29) is 19.8 Å². The van der Waals surface area contributed by atoms with Crippen LogP contribution in [0.3, 0.4) is 0 Å². The molecule has 0 spiro atoms. The van der Waals surface area contributed by atoms with Crippen LogP contribution in [0.2, 0.25) is 0 Å². The van der Waals surface area contributed by atoms with Crippen LogP contribution in [0.25, 0.3) is 0 Å². The molecule has 0 aliphatic rings. The molecular weight excluding hydrogens is 218 g/mol. The predicted octanol–water partition coefficient (Wildman–Crippen LogP) is -1.20. The SMILES string of the molecule is C=CC(=O)OCCNC(=O)OCC(O)CO. The van der Waals surface area contributed by atoms with Crippen molar-refractivity contribution in [3.8, 4) is 0 Å². The van der Waals surface area contributed by atoms with Crippen molar-refractivity contribution in [3.63, 3.8) is 0 Å². The fraction of sp³-hybridized carbons (Fsp3) is 0.556. The first-order valence-corrected chi connectivity index (χ1v) is 4.59. The van der Waals surface area contributed by atoms with E-state index in [1.54, 1.807) is 0 Å². The summed E-state index contributed by atoms with van der Waals surface area (Å²) in [5, 5.41) is 19.5. The van der Waals surface area contributed by atoms with Gasteiger partial charge in [0, 0.05) is 6.08 Å². The smallest absolute Gasteiger partial charge is 0.407 e. The van der Waals surface area contributed by atoms with Gasteiger partial charge in [-0.3, -0.25) is 0 Å². The molecule has 0 rings (SSSR count). The van der Waals surface area contributed by atoms with Crippen LogP contribution in [0.5, 0.6) is 0 Å². The zero-order chi connectivity index (χ0) is 12.4. The van der Waals surface area contributed by atoms with Gasteiger partial charge in [0.1, 0.15) is 19.3 Å². The third kappa shape index (κ3) is 7.77. The first kappa shape index (κ1) is 14.4. The van der Waals surface area contributed by atoms with Gasteiger partial charge in [-0.1, -0.05) is 6.58 Å². The van der Waals surface area contributed by atoms with Crippen LogP contribution in [0.1, 0.15) is 0 Å². The second kappa shape index (κ2) is 8.69. The Kier molecular flexibility index (Phi) is 7.82. The lowest BCUT2D eigenvalue weighted by atomic mass is 10.4. The molecular formula is C9H15NO6. The Bertz CT molecular complexity index is 242. The molecule has 0 aliphatic heterocycles. The molecule has 0 aromatic carbocycles. The Hall–Kier alpha value is -1.60. The highest BCUT2D eigenvalue weighted by molar-refractivity contribution is 5.81. The van der Waals surface area contributed by atoms with E-state index in [0.29, 0.717) is 0 Å². The van der Waals surface area contributed by atoms with Crippen molar-refractivity contribution in [2.75, 3.05) is 26.4 Å². The lowest BCUT2D eigenvalue weighted by Crippen LogP contribution is -2.31. The van der Waals surface area contributed by atoms with E-state index < -0.39 is 24.8 Å². The normalized spacial score (nSPS) is 11.4. The lowest BCUT2D eigenvalue weighted by Gasteiger charge is -2.09. The van der Waals surface area contributed by atoms with Crippen molar-refractivity contribution in [3.05, 3.63) is 12.7 Å². The molecule has 0 radical (unpaired) electrons. The summed E-state index contributed by atoms with van der Waals surface area (Å²) in [5.74, 6) is -0.578. The Balaban J connectivity index is 3.44. The molecule has 0 fully saturated rings. The fourth-order valence-corrected chi connectivity index (χ4v) is 0.639. The summed E-state index contributed by atoms with van der Waals surface area (Å²) in [4.78, 5) is 21.5. The number of aliphatic hydroxyl groups is 2. The Morgan fingerprint density at radius 3 is 2.69 bits per heavy atom. The second-order valence-corrected chi connectivity index (χ2v) is 2.73. The third-order valence-electron chi connectivity index (χ3n) is 1.40. The maximum Gasteiger partial charge on any atom is 0.407 e. The number of alkyl carbamates (subject to hydrolysis) is 1. The molecule has 0 heterocycles. The first-order valence-electron chi connectivity index (χ1n) is 4.59. The van der Waals surface area contributed by atoms with Gasteiger partial charge in [0.25, 0.3) is 0 Å². The van der Waals surface area contributed by atoms with Gasteiger partial charge in [-0.25, -0.2) is 9.59 Å². The number of nitrogens with one attached hydrogen (secondary N) is 1. The quantitative estimate of drug-likeness (QED) is 0.289. The lowest BCUT2D eigenvalue weighted by molar-refractivity contribution is -0.137. The van der Waals surface area contributed by atoms with Crippen LogP contribution in [0, 0.1) is 0 Å². The van der Waals surface area contributed by atoms with Crippen molar-refractivity contribution in [2.45, 2.75) is 6.10 Å². The monoisotopic (exact) mass is 233 g/mol. The van der Waals surface area contributed by atoms with Crippen molar-refractivity contribution in [1.82, 2.24) is 5.32 Å². The van der Waals surface area contributed by atoms with E-state index in [1.165, 1.54) is 0 Å². The number of rotatable bonds is 7. The number of esters is 1. The molecule has 0 aliphatic carbocycles. The zero-order valence-corrected chi connectivity index (χ0v) is 8.72. The van der Waals surface area contributed by atoms with Gasteiger partial charge < -0.3 is 25.0 Å². The van der Waals surface area contributed by atoms with E-state index in [2.05, 4.69) is 21.4 Å². The molecule has 1 amide bonds. The Labute approximate surface area is 92.7 Å². The van der Waals surface area contributed by atoms with E-state index in [0.717, 1.165) is 6.08 Å². The highest BCUT2D eigenvalue weighted by Crippen LogP contribution is 1.85. The van der Waals surface area contributed by atoms with Crippen LogP contribution >= 0.6 is 0 Å². The van der Waals surface area contributed by atoms with Crippen LogP contribution < -0.4 is 5.32 Å². The standard InChI is InChI=1S/C9H15NO6/c1-2-8(13)15-4-3-10-9(14)16-6-7(12)5-11/h2,7,11-12H,1,3-6H2,(H,10,14). The maximum atomic E-state index is 10.9. The van der Waals surface area contributed by atoms with Crippen molar-refractivity contribution in [1.29, 1.82) is 0 Å². The summed E-state index contributed by atoms with van der Waals surface area (Å²) in [7, 11) is 0. The number of amides is 1. The van der Waals surface area contributed by atoms with Gasteiger partial charge in [0.15, 0.2) is 0 Å². The van der Waals surface area contributed by atoms with E-state index in [1.807, 2.05) is 0 Å². The van der Waals surface area contributed by atoms with Crippen LogP contribution in [0.4, 0.5) is 4.79 Å². The van der Waals surface area contributed by atoms with Crippen LogP contribution in [-0.2, 0) is 14.3 Å². The average molecular weight is 233 g/mol. The summed E-state index contributed by atoms with van der Waals surface area (Å²) in [6.45, 7) is 2.51. The molecule has 1 unspecified atom stereocenters. The Morgan fingerprint density at radius 2 is 2.12 bits per heavy atom. The summed E-state index contributed by atoms with van der Waals surface area (Å²) in [6, 6.07) is 0. The highest BCUT2D eigenvalue weighted by atomic mass is 16.6. The summed E-state index contributed by atoms with van der Waals surface area (Å²) >= 11 is 0. The zero-order valence-electron chi connectivity index (χ0n) is 8.72. The number of aliphatic hydroxyl groups excluding tert-OH is 2. The molecule has 0 saturated carbocycles. The van der Waals surface area contributed by atoms with Gasteiger partial charge >= 0.3 is 12.1 Å². The fourth-order valence-electron chi connectivity index (χ4n) is 0.639. The van der Waals surface area contributed by atoms with Crippen molar-refractivity contribution in [2.24, 2.45) is 0 Å². The van der Waals surface area contributed by atoms with E-state index in [4.69, 9.17) is 10.2 Å². The minimum Gasteiger partial charge on any atom is -0.461 e. The molecule has 0 saturated heterocycles. The highest BCUT2D eigenvalue weighted by Gasteiger charge is 2.06.